The van der Waals surface area contributed by atoms with Crippen LogP contribution < -0.4 is 15.4 Å². The molecule has 44 heavy (non-hydrogen) atoms. The summed E-state index contributed by atoms with van der Waals surface area (Å²) in [5.41, 5.74) is 1.66. The Labute approximate surface area is 261 Å². The van der Waals surface area contributed by atoms with Crippen LogP contribution in [-0.4, -0.2) is 73.6 Å². The van der Waals surface area contributed by atoms with Crippen LogP contribution in [0.15, 0.2) is 82.4 Å². The number of rotatable bonds is 8. The fourth-order valence-electron chi connectivity index (χ4n) is 5.26. The highest BCUT2D eigenvalue weighted by Crippen LogP contribution is 2.31. The minimum atomic E-state index is -3.73. The molecule has 0 spiro atoms. The van der Waals surface area contributed by atoms with Crippen LogP contribution in [0, 0.1) is 5.92 Å². The second kappa shape index (κ2) is 13.3. The summed E-state index contributed by atoms with van der Waals surface area (Å²) in [7, 11) is -2.22. The van der Waals surface area contributed by atoms with Crippen molar-refractivity contribution in [2.24, 2.45) is 5.92 Å². The van der Waals surface area contributed by atoms with Crippen LogP contribution in [0.2, 0.25) is 0 Å². The Kier molecular flexibility index (Phi) is 9.54. The van der Waals surface area contributed by atoms with Crippen LogP contribution in [-0.2, 0) is 21.2 Å². The lowest BCUT2D eigenvalue weighted by Crippen LogP contribution is -2.48. The zero-order chi connectivity index (χ0) is 31.4. The van der Waals surface area contributed by atoms with Crippen LogP contribution >= 0.6 is 11.3 Å². The number of hydrogen-bond acceptors (Lipinski definition) is 7. The minimum absolute atomic E-state index is 0.0249. The van der Waals surface area contributed by atoms with Crippen LogP contribution in [0.5, 0.6) is 5.75 Å². The number of thiophene rings is 1. The Morgan fingerprint density at radius 3 is 2.64 bits per heavy atom. The van der Waals surface area contributed by atoms with Gasteiger partial charge in [-0.2, -0.15) is 4.31 Å². The number of nitrogens with zero attached hydrogens (tertiary/aromatic N) is 2. The molecule has 0 saturated heterocycles. The number of ether oxygens (including phenoxy) is 1. The molecule has 232 valence electrons. The maximum Gasteiger partial charge on any atom is 0.323 e. The number of fused-ring (bicyclic) bond motifs is 2. The van der Waals surface area contributed by atoms with Gasteiger partial charge < -0.3 is 25.4 Å². The molecule has 3 atom stereocenters. The van der Waals surface area contributed by atoms with E-state index in [9.17, 15) is 23.1 Å². The number of likely N-dealkylation sites (N-methyl/N-ethyl adjacent to an activating group) is 1. The summed E-state index contributed by atoms with van der Waals surface area (Å²) in [5, 5.41) is 19.3. The number of aliphatic hydroxyl groups excluding tert-OH is 1. The molecule has 0 unspecified atom stereocenters. The van der Waals surface area contributed by atoms with E-state index in [0.717, 1.165) is 22.1 Å². The lowest BCUT2D eigenvalue weighted by atomic mass is 10.0. The highest BCUT2D eigenvalue weighted by atomic mass is 32.2. The summed E-state index contributed by atoms with van der Waals surface area (Å²) in [6.45, 7) is 3.76. The second-order valence-corrected chi connectivity index (χ2v) is 14.3. The van der Waals surface area contributed by atoms with Gasteiger partial charge in [0, 0.05) is 36.1 Å². The standard InChI is InChI=1S/C32H36N4O6S2/c1-21-18-36(22(2)20-37)30(38)17-24-16-25(33-32(39)34-27-11-6-9-23-8-4-5-10-26(23)27)13-14-28(24)42-29(21)19-35(3)44(40,41)31-12-7-15-43-31/h4-16,21-22,29,37H,17-20H2,1-3H3,(H2,33,34,39)/t21-,22+,29+/m1/s1. The van der Waals surface area contributed by atoms with E-state index in [0.29, 0.717) is 22.7 Å². The van der Waals surface area contributed by atoms with E-state index in [-0.39, 0.29) is 42.2 Å². The smallest absolute Gasteiger partial charge is 0.323 e. The van der Waals surface area contributed by atoms with Gasteiger partial charge in [-0.05, 0) is 48.0 Å². The quantitative estimate of drug-likeness (QED) is 0.249. The van der Waals surface area contributed by atoms with Gasteiger partial charge in [0.2, 0.25) is 5.91 Å². The summed E-state index contributed by atoms with van der Waals surface area (Å²) in [6.07, 6.45) is -0.635. The van der Waals surface area contributed by atoms with E-state index in [1.807, 2.05) is 49.4 Å². The van der Waals surface area contributed by atoms with Crippen molar-refractivity contribution < 1.29 is 27.9 Å². The van der Waals surface area contributed by atoms with Crippen LogP contribution in [0.4, 0.5) is 16.2 Å². The lowest BCUT2D eigenvalue weighted by Gasteiger charge is -2.33. The molecular formula is C32H36N4O6S2. The molecule has 12 heteroatoms. The number of nitrogens with one attached hydrogen (secondary N) is 2. The fourth-order valence-corrected chi connectivity index (χ4v) is 7.64. The summed E-state index contributed by atoms with van der Waals surface area (Å²) < 4.78 is 34.4. The zero-order valence-corrected chi connectivity index (χ0v) is 26.4. The third-order valence-corrected chi connectivity index (χ3v) is 11.0. The SMILES string of the molecule is C[C@@H]1CN([C@@H](C)CO)C(=O)Cc2cc(NC(=O)Nc3cccc4ccccc34)ccc2O[C@H]1CN(C)S(=O)(=O)c1cccs1. The van der Waals surface area contributed by atoms with E-state index < -0.39 is 28.2 Å². The first-order chi connectivity index (χ1) is 21.1. The number of hydrogen-bond donors (Lipinski definition) is 3. The third kappa shape index (κ3) is 6.88. The van der Waals surface area contributed by atoms with Crippen molar-refractivity contribution >= 4 is 55.4 Å². The number of sulfonamides is 1. The Morgan fingerprint density at radius 1 is 1.11 bits per heavy atom. The maximum atomic E-state index is 13.5. The molecule has 5 rings (SSSR count). The molecule has 0 saturated carbocycles. The summed E-state index contributed by atoms with van der Waals surface area (Å²) >= 11 is 1.14. The lowest BCUT2D eigenvalue weighted by molar-refractivity contribution is -0.134. The molecule has 0 aliphatic carbocycles. The Morgan fingerprint density at radius 2 is 1.89 bits per heavy atom. The van der Waals surface area contributed by atoms with Gasteiger partial charge in [0.25, 0.3) is 10.0 Å². The van der Waals surface area contributed by atoms with Crippen LogP contribution in [0.3, 0.4) is 0 Å². The van der Waals surface area contributed by atoms with Gasteiger partial charge in [-0.3, -0.25) is 4.79 Å². The van der Waals surface area contributed by atoms with Crippen molar-refractivity contribution in [1.82, 2.24) is 9.21 Å². The van der Waals surface area contributed by atoms with E-state index in [2.05, 4.69) is 10.6 Å². The monoisotopic (exact) mass is 636 g/mol. The van der Waals surface area contributed by atoms with E-state index in [4.69, 9.17) is 4.74 Å². The van der Waals surface area contributed by atoms with Crippen molar-refractivity contribution in [3.8, 4) is 5.75 Å². The Bertz CT molecular complexity index is 1740. The molecule has 0 bridgehead atoms. The predicted octanol–water partition coefficient (Wildman–Crippen LogP) is 5.02. The highest BCUT2D eigenvalue weighted by molar-refractivity contribution is 7.91. The van der Waals surface area contributed by atoms with Gasteiger partial charge in [0.05, 0.1) is 31.3 Å². The van der Waals surface area contributed by atoms with Crippen molar-refractivity contribution in [2.45, 2.75) is 36.6 Å². The first kappa shape index (κ1) is 31.5. The molecule has 2 heterocycles. The van der Waals surface area contributed by atoms with Crippen molar-refractivity contribution in [1.29, 1.82) is 0 Å². The Hall–Kier alpha value is -3.97. The third-order valence-electron chi connectivity index (χ3n) is 7.81. The zero-order valence-electron chi connectivity index (χ0n) is 24.8. The molecule has 10 nitrogen and oxygen atoms in total. The normalized spacial score (nSPS) is 18.1. The topological polar surface area (TPSA) is 128 Å². The highest BCUT2D eigenvalue weighted by Gasteiger charge is 2.33. The Balaban J connectivity index is 1.41. The molecule has 0 fully saturated rings. The van der Waals surface area contributed by atoms with Gasteiger partial charge in [0.1, 0.15) is 16.1 Å². The van der Waals surface area contributed by atoms with E-state index >= 15 is 0 Å². The van der Waals surface area contributed by atoms with Crippen molar-refractivity contribution in [3.05, 3.63) is 83.7 Å². The summed E-state index contributed by atoms with van der Waals surface area (Å²) in [5.74, 6) is -0.0550. The van der Waals surface area contributed by atoms with Crippen molar-refractivity contribution in [2.75, 3.05) is 37.4 Å². The first-order valence-corrected chi connectivity index (χ1v) is 16.6. The van der Waals surface area contributed by atoms with Gasteiger partial charge in [-0.25, -0.2) is 13.2 Å². The number of benzene rings is 3. The molecule has 4 aromatic rings. The van der Waals surface area contributed by atoms with Gasteiger partial charge in [-0.1, -0.05) is 49.4 Å². The molecule has 1 aliphatic heterocycles. The predicted molar refractivity (Wildman–Crippen MR) is 173 cm³/mol. The molecule has 3 N–H and O–H groups in total. The van der Waals surface area contributed by atoms with Gasteiger partial charge in [-0.15, -0.1) is 11.3 Å². The number of carbonyl (C=O) groups is 2. The maximum absolute atomic E-state index is 13.5. The number of urea groups is 1. The molecule has 1 aromatic heterocycles. The minimum Gasteiger partial charge on any atom is -0.488 e. The summed E-state index contributed by atoms with van der Waals surface area (Å²) in [6, 6.07) is 20.8. The van der Waals surface area contributed by atoms with Gasteiger partial charge in [0.15, 0.2) is 0 Å². The average Bonchev–Trinajstić information content (AvgIpc) is 3.57. The largest absolute Gasteiger partial charge is 0.488 e. The average molecular weight is 637 g/mol. The molecule has 1 aliphatic rings. The molecule has 3 aromatic carbocycles. The number of aliphatic hydroxyl groups is 1. The number of anilines is 2. The summed E-state index contributed by atoms with van der Waals surface area (Å²) in [4.78, 5) is 28.1. The first-order valence-electron chi connectivity index (χ1n) is 14.3. The second-order valence-electron chi connectivity index (χ2n) is 11.0. The van der Waals surface area contributed by atoms with Gasteiger partial charge >= 0.3 is 6.03 Å². The van der Waals surface area contributed by atoms with Crippen LogP contribution in [0.1, 0.15) is 19.4 Å². The molecule has 3 amide bonds. The van der Waals surface area contributed by atoms with E-state index in [1.165, 1.54) is 11.4 Å². The molecular weight excluding hydrogens is 601 g/mol. The number of carbonyl (C=O) groups excluding carboxylic acids is 2. The van der Waals surface area contributed by atoms with Crippen molar-refractivity contribution in [3.63, 3.8) is 0 Å². The number of amides is 3. The van der Waals surface area contributed by atoms with Crippen LogP contribution in [0.25, 0.3) is 10.8 Å². The fraction of sp³-hybridized carbons (Fsp3) is 0.312. The van der Waals surface area contributed by atoms with E-state index in [1.54, 1.807) is 47.5 Å². The molecule has 0 radical (unpaired) electrons.